The molecule has 0 spiro atoms. The van der Waals surface area contributed by atoms with Crippen LogP contribution in [0, 0.1) is 11.8 Å². The van der Waals surface area contributed by atoms with Crippen molar-refractivity contribution < 1.29 is 4.74 Å². The summed E-state index contributed by atoms with van der Waals surface area (Å²) in [6, 6.07) is 0.398. The van der Waals surface area contributed by atoms with Crippen LogP contribution in [0.3, 0.4) is 0 Å². The molecule has 0 aromatic rings. The van der Waals surface area contributed by atoms with Crippen molar-refractivity contribution in [2.75, 3.05) is 6.61 Å². The first kappa shape index (κ1) is 9.47. The standard InChI is InChI=1S/C11H21NO/c1-8-5-10(7-13-8)11(12)6-9-3-2-4-9/h8-11H,2-7,12H2,1H3. The SMILES string of the molecule is CC1CC(C(N)CC2CCC2)CO1. The topological polar surface area (TPSA) is 35.2 Å². The lowest BCUT2D eigenvalue weighted by Crippen LogP contribution is -2.34. The minimum absolute atomic E-state index is 0.398. The van der Waals surface area contributed by atoms with Gasteiger partial charge in [0, 0.05) is 6.04 Å². The van der Waals surface area contributed by atoms with Crippen LogP contribution in [0.1, 0.15) is 39.0 Å². The smallest absolute Gasteiger partial charge is 0.0551 e. The van der Waals surface area contributed by atoms with Crippen LogP contribution in [-0.4, -0.2) is 18.8 Å². The predicted molar refractivity (Wildman–Crippen MR) is 53.5 cm³/mol. The lowest BCUT2D eigenvalue weighted by Gasteiger charge is -2.30. The van der Waals surface area contributed by atoms with Gasteiger partial charge in [0.05, 0.1) is 12.7 Å². The van der Waals surface area contributed by atoms with Gasteiger partial charge in [0.25, 0.3) is 0 Å². The molecule has 2 heteroatoms. The summed E-state index contributed by atoms with van der Waals surface area (Å²) in [5, 5.41) is 0. The van der Waals surface area contributed by atoms with Crippen LogP contribution in [0.2, 0.25) is 0 Å². The summed E-state index contributed by atoms with van der Waals surface area (Å²) in [5.74, 6) is 1.57. The van der Waals surface area contributed by atoms with E-state index in [9.17, 15) is 0 Å². The molecule has 13 heavy (non-hydrogen) atoms. The Bertz CT molecular complexity index is 167. The molecule has 0 amide bonds. The van der Waals surface area contributed by atoms with Gasteiger partial charge in [0.15, 0.2) is 0 Å². The monoisotopic (exact) mass is 183 g/mol. The highest BCUT2D eigenvalue weighted by Gasteiger charge is 2.30. The Hall–Kier alpha value is -0.0800. The molecule has 3 atom stereocenters. The molecule has 76 valence electrons. The van der Waals surface area contributed by atoms with Crippen molar-refractivity contribution >= 4 is 0 Å². The Balaban J connectivity index is 1.72. The van der Waals surface area contributed by atoms with Gasteiger partial charge in [-0.2, -0.15) is 0 Å². The van der Waals surface area contributed by atoms with E-state index in [2.05, 4.69) is 6.92 Å². The number of rotatable bonds is 3. The van der Waals surface area contributed by atoms with Crippen LogP contribution in [0.5, 0.6) is 0 Å². The quantitative estimate of drug-likeness (QED) is 0.725. The van der Waals surface area contributed by atoms with Crippen molar-refractivity contribution in [3.8, 4) is 0 Å². The van der Waals surface area contributed by atoms with E-state index in [0.29, 0.717) is 18.1 Å². The molecule has 1 heterocycles. The molecule has 2 N–H and O–H groups in total. The second kappa shape index (κ2) is 3.97. The van der Waals surface area contributed by atoms with Crippen LogP contribution in [0.15, 0.2) is 0 Å². The summed E-state index contributed by atoms with van der Waals surface area (Å²) in [7, 11) is 0. The molecule has 0 bridgehead atoms. The van der Waals surface area contributed by atoms with Gasteiger partial charge >= 0.3 is 0 Å². The number of ether oxygens (including phenoxy) is 1. The average Bonchev–Trinajstić information content (AvgIpc) is 2.44. The largest absolute Gasteiger partial charge is 0.378 e. The fourth-order valence-corrected chi connectivity index (χ4v) is 2.45. The van der Waals surface area contributed by atoms with Gasteiger partial charge in [-0.15, -0.1) is 0 Å². The molecular formula is C11H21NO. The zero-order chi connectivity index (χ0) is 9.26. The first-order valence-corrected chi connectivity index (χ1v) is 5.63. The molecule has 2 aliphatic rings. The van der Waals surface area contributed by atoms with E-state index in [1.54, 1.807) is 0 Å². The Morgan fingerprint density at radius 2 is 2.23 bits per heavy atom. The van der Waals surface area contributed by atoms with Crippen LogP contribution in [0.25, 0.3) is 0 Å². The third-order valence-electron chi connectivity index (χ3n) is 3.67. The van der Waals surface area contributed by atoms with E-state index in [1.807, 2.05) is 0 Å². The summed E-state index contributed by atoms with van der Waals surface area (Å²) >= 11 is 0. The highest BCUT2D eigenvalue weighted by molar-refractivity contribution is 4.83. The van der Waals surface area contributed by atoms with Crippen LogP contribution in [-0.2, 0) is 4.74 Å². The number of nitrogens with two attached hydrogens (primary N) is 1. The van der Waals surface area contributed by atoms with Gasteiger partial charge < -0.3 is 10.5 Å². The van der Waals surface area contributed by atoms with Crippen molar-refractivity contribution in [3.05, 3.63) is 0 Å². The molecule has 1 saturated carbocycles. The highest BCUT2D eigenvalue weighted by atomic mass is 16.5. The summed E-state index contributed by atoms with van der Waals surface area (Å²) in [4.78, 5) is 0. The van der Waals surface area contributed by atoms with Crippen molar-refractivity contribution in [1.82, 2.24) is 0 Å². The summed E-state index contributed by atoms with van der Waals surface area (Å²) in [6.45, 7) is 3.05. The minimum atomic E-state index is 0.398. The van der Waals surface area contributed by atoms with Crippen molar-refractivity contribution in [3.63, 3.8) is 0 Å². The summed E-state index contributed by atoms with van der Waals surface area (Å²) in [6.07, 6.45) is 7.11. The lowest BCUT2D eigenvalue weighted by molar-refractivity contribution is 0.116. The lowest BCUT2D eigenvalue weighted by atomic mass is 9.78. The van der Waals surface area contributed by atoms with Gasteiger partial charge in [0.1, 0.15) is 0 Å². The molecule has 2 fully saturated rings. The molecule has 0 radical (unpaired) electrons. The van der Waals surface area contributed by atoms with Crippen molar-refractivity contribution in [1.29, 1.82) is 0 Å². The number of hydrogen-bond acceptors (Lipinski definition) is 2. The fraction of sp³-hybridized carbons (Fsp3) is 1.00. The van der Waals surface area contributed by atoms with Gasteiger partial charge in [0.2, 0.25) is 0 Å². The van der Waals surface area contributed by atoms with E-state index in [0.717, 1.165) is 12.5 Å². The third kappa shape index (κ3) is 2.23. The Morgan fingerprint density at radius 1 is 1.46 bits per heavy atom. The Kier molecular flexibility index (Phi) is 2.89. The molecule has 0 aromatic carbocycles. The molecular weight excluding hydrogens is 162 g/mol. The molecule has 2 rings (SSSR count). The minimum Gasteiger partial charge on any atom is -0.378 e. The maximum absolute atomic E-state index is 6.17. The van der Waals surface area contributed by atoms with Gasteiger partial charge in [-0.1, -0.05) is 19.3 Å². The molecule has 2 nitrogen and oxygen atoms in total. The first-order chi connectivity index (χ1) is 6.25. The Morgan fingerprint density at radius 3 is 2.69 bits per heavy atom. The van der Waals surface area contributed by atoms with E-state index in [1.165, 1.54) is 32.1 Å². The Labute approximate surface area is 80.8 Å². The highest BCUT2D eigenvalue weighted by Crippen LogP contribution is 2.33. The maximum Gasteiger partial charge on any atom is 0.0551 e. The molecule has 1 aliphatic heterocycles. The average molecular weight is 183 g/mol. The van der Waals surface area contributed by atoms with Crippen LogP contribution in [0.4, 0.5) is 0 Å². The van der Waals surface area contributed by atoms with Crippen LogP contribution < -0.4 is 5.73 Å². The molecule has 1 aliphatic carbocycles. The second-order valence-electron chi connectivity index (χ2n) is 4.84. The van der Waals surface area contributed by atoms with Crippen molar-refractivity contribution in [2.24, 2.45) is 17.6 Å². The summed E-state index contributed by atoms with van der Waals surface area (Å²) in [5.41, 5.74) is 6.17. The zero-order valence-corrected chi connectivity index (χ0v) is 8.54. The third-order valence-corrected chi connectivity index (χ3v) is 3.67. The molecule has 3 unspecified atom stereocenters. The van der Waals surface area contributed by atoms with Crippen molar-refractivity contribution in [2.45, 2.75) is 51.2 Å². The number of hydrogen-bond donors (Lipinski definition) is 1. The predicted octanol–water partition coefficient (Wildman–Crippen LogP) is 1.93. The zero-order valence-electron chi connectivity index (χ0n) is 8.54. The van der Waals surface area contributed by atoms with E-state index in [4.69, 9.17) is 10.5 Å². The van der Waals surface area contributed by atoms with E-state index < -0.39 is 0 Å². The van der Waals surface area contributed by atoms with E-state index >= 15 is 0 Å². The molecule has 1 saturated heterocycles. The maximum atomic E-state index is 6.17. The first-order valence-electron chi connectivity index (χ1n) is 5.63. The van der Waals surface area contributed by atoms with Gasteiger partial charge in [-0.25, -0.2) is 0 Å². The summed E-state index contributed by atoms with van der Waals surface area (Å²) < 4.78 is 5.54. The molecule has 0 aromatic heterocycles. The normalized spacial score (nSPS) is 37.4. The van der Waals surface area contributed by atoms with Gasteiger partial charge in [-0.3, -0.25) is 0 Å². The van der Waals surface area contributed by atoms with Gasteiger partial charge in [-0.05, 0) is 31.6 Å². The fourth-order valence-electron chi connectivity index (χ4n) is 2.45. The van der Waals surface area contributed by atoms with Crippen LogP contribution >= 0.6 is 0 Å². The van der Waals surface area contributed by atoms with E-state index in [-0.39, 0.29) is 0 Å². The second-order valence-corrected chi connectivity index (χ2v) is 4.84.